The van der Waals surface area contributed by atoms with Crippen molar-refractivity contribution in [2.45, 2.75) is 6.42 Å². The van der Waals surface area contributed by atoms with Crippen molar-refractivity contribution in [3.8, 4) is 11.4 Å². The fourth-order valence-corrected chi connectivity index (χ4v) is 2.08. The first-order chi connectivity index (χ1) is 9.25. The molecule has 3 aromatic heterocycles. The first-order valence-electron chi connectivity index (χ1n) is 5.84. The summed E-state index contributed by atoms with van der Waals surface area (Å²) in [5.41, 5.74) is 2.30. The van der Waals surface area contributed by atoms with E-state index >= 15 is 0 Å². The Hall–Kier alpha value is -2.69. The molecule has 0 bridgehead atoms. The highest BCUT2D eigenvalue weighted by Crippen LogP contribution is 2.22. The first-order valence-corrected chi connectivity index (χ1v) is 5.84. The van der Waals surface area contributed by atoms with Crippen molar-refractivity contribution < 1.29 is 9.90 Å². The molecule has 0 aromatic carbocycles. The summed E-state index contributed by atoms with van der Waals surface area (Å²) in [6, 6.07) is 9.34. The van der Waals surface area contributed by atoms with E-state index in [1.807, 2.05) is 40.9 Å². The molecule has 0 aliphatic rings. The predicted octanol–water partition coefficient (Wildman–Crippen LogP) is 2.02. The Kier molecular flexibility index (Phi) is 2.72. The lowest BCUT2D eigenvalue weighted by Crippen LogP contribution is -2.00. The van der Waals surface area contributed by atoms with Crippen LogP contribution < -0.4 is 0 Å². The average Bonchev–Trinajstić information content (AvgIpc) is 2.78. The number of pyridine rings is 2. The number of rotatable bonds is 3. The van der Waals surface area contributed by atoms with Crippen LogP contribution in [-0.2, 0) is 11.2 Å². The van der Waals surface area contributed by atoms with Gasteiger partial charge in [0.15, 0.2) is 0 Å². The lowest BCUT2D eigenvalue weighted by atomic mass is 10.2. The summed E-state index contributed by atoms with van der Waals surface area (Å²) >= 11 is 0. The molecule has 0 radical (unpaired) electrons. The minimum absolute atomic E-state index is 0.0847. The van der Waals surface area contributed by atoms with Crippen LogP contribution in [0, 0.1) is 0 Å². The van der Waals surface area contributed by atoms with E-state index in [1.54, 1.807) is 12.4 Å². The predicted molar refractivity (Wildman–Crippen MR) is 69.8 cm³/mol. The van der Waals surface area contributed by atoms with Crippen LogP contribution in [0.3, 0.4) is 0 Å². The Balaban J connectivity index is 2.23. The van der Waals surface area contributed by atoms with E-state index in [2.05, 4.69) is 9.97 Å². The van der Waals surface area contributed by atoms with Crippen molar-refractivity contribution in [1.29, 1.82) is 0 Å². The SMILES string of the molecule is O=C(O)Cc1nc(-c2ccncc2)n2ccccc12. The second-order valence-electron chi connectivity index (χ2n) is 4.14. The standard InChI is InChI=1S/C14H11N3O2/c18-13(19)9-11-12-3-1-2-8-17(12)14(16-11)10-4-6-15-7-5-10/h1-8H,9H2,(H,18,19). The second-order valence-corrected chi connectivity index (χ2v) is 4.14. The van der Waals surface area contributed by atoms with Crippen LogP contribution in [0.15, 0.2) is 48.9 Å². The molecule has 0 atom stereocenters. The van der Waals surface area contributed by atoms with Crippen molar-refractivity contribution in [3.63, 3.8) is 0 Å². The molecule has 0 amide bonds. The van der Waals surface area contributed by atoms with Gasteiger partial charge in [-0.05, 0) is 24.3 Å². The molecular weight excluding hydrogens is 242 g/mol. The molecule has 0 aliphatic heterocycles. The third-order valence-corrected chi connectivity index (χ3v) is 2.88. The molecule has 0 aliphatic carbocycles. The number of hydrogen-bond donors (Lipinski definition) is 1. The van der Waals surface area contributed by atoms with E-state index in [0.717, 1.165) is 16.9 Å². The zero-order valence-electron chi connectivity index (χ0n) is 10.0. The van der Waals surface area contributed by atoms with Crippen LogP contribution >= 0.6 is 0 Å². The van der Waals surface area contributed by atoms with Crippen LogP contribution in [0.2, 0.25) is 0 Å². The van der Waals surface area contributed by atoms with Crippen LogP contribution in [-0.4, -0.2) is 25.4 Å². The zero-order chi connectivity index (χ0) is 13.2. The topological polar surface area (TPSA) is 67.5 Å². The Labute approximate surface area is 109 Å². The van der Waals surface area contributed by atoms with Gasteiger partial charge in [0.1, 0.15) is 5.82 Å². The van der Waals surface area contributed by atoms with Gasteiger partial charge in [-0.1, -0.05) is 6.07 Å². The number of fused-ring (bicyclic) bond motifs is 1. The van der Waals surface area contributed by atoms with Crippen LogP contribution in [0.1, 0.15) is 5.69 Å². The molecule has 5 nitrogen and oxygen atoms in total. The zero-order valence-corrected chi connectivity index (χ0v) is 10.0. The Morgan fingerprint density at radius 3 is 2.74 bits per heavy atom. The van der Waals surface area contributed by atoms with E-state index in [1.165, 1.54) is 0 Å². The molecule has 0 saturated heterocycles. The summed E-state index contributed by atoms with van der Waals surface area (Å²) in [5, 5.41) is 8.95. The Bertz CT molecular complexity index is 735. The van der Waals surface area contributed by atoms with Gasteiger partial charge in [0.05, 0.1) is 17.6 Å². The molecular formula is C14H11N3O2. The minimum Gasteiger partial charge on any atom is -0.481 e. The third-order valence-electron chi connectivity index (χ3n) is 2.88. The molecule has 3 rings (SSSR count). The van der Waals surface area contributed by atoms with Crippen molar-refractivity contribution in [1.82, 2.24) is 14.4 Å². The largest absolute Gasteiger partial charge is 0.481 e. The fraction of sp³-hybridized carbons (Fsp3) is 0.0714. The monoisotopic (exact) mass is 253 g/mol. The number of nitrogens with zero attached hydrogens (tertiary/aromatic N) is 3. The maximum Gasteiger partial charge on any atom is 0.309 e. The summed E-state index contributed by atoms with van der Waals surface area (Å²) in [5.74, 6) is -0.153. The van der Waals surface area contributed by atoms with Gasteiger partial charge in [-0.2, -0.15) is 0 Å². The maximum absolute atomic E-state index is 10.9. The summed E-state index contributed by atoms with van der Waals surface area (Å²) in [7, 11) is 0. The first kappa shape index (κ1) is 11.4. The van der Waals surface area contributed by atoms with Gasteiger partial charge in [0.2, 0.25) is 0 Å². The van der Waals surface area contributed by atoms with Crippen molar-refractivity contribution >= 4 is 11.5 Å². The van der Waals surface area contributed by atoms with Crippen LogP contribution in [0.25, 0.3) is 16.9 Å². The molecule has 0 saturated carbocycles. The molecule has 0 unspecified atom stereocenters. The van der Waals surface area contributed by atoms with Crippen molar-refractivity contribution in [2.24, 2.45) is 0 Å². The van der Waals surface area contributed by atoms with Gasteiger partial charge in [-0.15, -0.1) is 0 Å². The van der Waals surface area contributed by atoms with E-state index < -0.39 is 5.97 Å². The summed E-state index contributed by atoms with van der Waals surface area (Å²) in [4.78, 5) is 19.3. The van der Waals surface area contributed by atoms with Gasteiger partial charge in [-0.25, -0.2) is 4.98 Å². The summed E-state index contributed by atoms with van der Waals surface area (Å²) in [6.45, 7) is 0. The van der Waals surface area contributed by atoms with Crippen molar-refractivity contribution in [3.05, 3.63) is 54.6 Å². The van der Waals surface area contributed by atoms with E-state index in [0.29, 0.717) is 5.69 Å². The normalized spacial score (nSPS) is 10.7. The number of carboxylic acid groups (broad SMARTS) is 1. The molecule has 0 spiro atoms. The molecule has 0 fully saturated rings. The second kappa shape index (κ2) is 4.53. The molecule has 19 heavy (non-hydrogen) atoms. The minimum atomic E-state index is -0.884. The Morgan fingerprint density at radius 1 is 1.21 bits per heavy atom. The summed E-state index contributed by atoms with van der Waals surface area (Å²) in [6.07, 6.45) is 5.18. The molecule has 5 heteroatoms. The lowest BCUT2D eigenvalue weighted by Gasteiger charge is -1.99. The van der Waals surface area contributed by atoms with Gasteiger partial charge in [-0.3, -0.25) is 14.2 Å². The lowest BCUT2D eigenvalue weighted by molar-refractivity contribution is -0.136. The quantitative estimate of drug-likeness (QED) is 0.775. The smallest absolute Gasteiger partial charge is 0.309 e. The Morgan fingerprint density at radius 2 is 2.00 bits per heavy atom. The van der Waals surface area contributed by atoms with Gasteiger partial charge in [0.25, 0.3) is 0 Å². The summed E-state index contributed by atoms with van der Waals surface area (Å²) < 4.78 is 1.90. The molecule has 3 heterocycles. The fourth-order valence-electron chi connectivity index (χ4n) is 2.08. The van der Waals surface area contributed by atoms with Crippen LogP contribution in [0.4, 0.5) is 0 Å². The number of carbonyl (C=O) groups is 1. The molecule has 3 aromatic rings. The number of carboxylic acids is 1. The highest BCUT2D eigenvalue weighted by molar-refractivity contribution is 5.75. The van der Waals surface area contributed by atoms with Crippen molar-refractivity contribution in [2.75, 3.05) is 0 Å². The number of hydrogen-bond acceptors (Lipinski definition) is 3. The van der Waals surface area contributed by atoms with E-state index in [4.69, 9.17) is 5.11 Å². The van der Waals surface area contributed by atoms with Gasteiger partial charge < -0.3 is 5.11 Å². The van der Waals surface area contributed by atoms with E-state index in [-0.39, 0.29) is 6.42 Å². The van der Waals surface area contributed by atoms with Crippen LogP contribution in [0.5, 0.6) is 0 Å². The number of aliphatic carboxylic acids is 1. The van der Waals surface area contributed by atoms with Gasteiger partial charge in [0, 0.05) is 24.2 Å². The highest BCUT2D eigenvalue weighted by Gasteiger charge is 2.14. The average molecular weight is 253 g/mol. The molecule has 94 valence electrons. The van der Waals surface area contributed by atoms with Gasteiger partial charge >= 0.3 is 5.97 Å². The molecule has 1 N–H and O–H groups in total. The van der Waals surface area contributed by atoms with E-state index in [9.17, 15) is 4.79 Å². The highest BCUT2D eigenvalue weighted by atomic mass is 16.4. The number of aromatic nitrogens is 3. The maximum atomic E-state index is 10.9. The number of imidazole rings is 1. The third kappa shape index (κ3) is 2.06.